The van der Waals surface area contributed by atoms with E-state index in [4.69, 9.17) is 0 Å². The van der Waals surface area contributed by atoms with Gasteiger partial charge >= 0.3 is 0 Å². The Labute approximate surface area is 119 Å². The van der Waals surface area contributed by atoms with E-state index in [2.05, 4.69) is 77.0 Å². The van der Waals surface area contributed by atoms with E-state index < -0.39 is 0 Å². The van der Waals surface area contributed by atoms with Crippen molar-refractivity contribution in [1.29, 1.82) is 0 Å². The summed E-state index contributed by atoms with van der Waals surface area (Å²) in [6, 6.07) is 7.10. The van der Waals surface area contributed by atoms with Crippen molar-refractivity contribution in [3.8, 4) is 0 Å². The van der Waals surface area contributed by atoms with Crippen molar-refractivity contribution in [3.05, 3.63) is 34.9 Å². The Bertz CT molecular complexity index is 406. The molecule has 0 saturated carbocycles. The van der Waals surface area contributed by atoms with Gasteiger partial charge in [-0.05, 0) is 59.0 Å². The van der Waals surface area contributed by atoms with Gasteiger partial charge in [0, 0.05) is 5.54 Å². The maximum Gasteiger partial charge on any atom is 0.0501 e. The van der Waals surface area contributed by atoms with Gasteiger partial charge in [-0.2, -0.15) is 0 Å². The van der Waals surface area contributed by atoms with E-state index >= 15 is 0 Å². The van der Waals surface area contributed by atoms with Crippen LogP contribution in [0.1, 0.15) is 50.4 Å². The molecule has 1 unspecified atom stereocenters. The molecule has 0 spiro atoms. The molecule has 1 rings (SSSR count). The van der Waals surface area contributed by atoms with Crippen LogP contribution in [0.2, 0.25) is 0 Å². The Kier molecular flexibility index (Phi) is 5.57. The molecular formula is C17H30N2. The highest BCUT2D eigenvalue weighted by atomic mass is 15.2. The van der Waals surface area contributed by atoms with Gasteiger partial charge in [-0.15, -0.1) is 0 Å². The van der Waals surface area contributed by atoms with Crippen LogP contribution in [0, 0.1) is 13.8 Å². The molecule has 0 heterocycles. The average Bonchev–Trinajstić information content (AvgIpc) is 2.33. The van der Waals surface area contributed by atoms with E-state index in [1.807, 2.05) is 0 Å². The van der Waals surface area contributed by atoms with Gasteiger partial charge in [0.1, 0.15) is 0 Å². The summed E-state index contributed by atoms with van der Waals surface area (Å²) in [6.07, 6.45) is 0. The Morgan fingerprint density at radius 3 is 2.16 bits per heavy atom. The standard InChI is InChI=1S/C17H30N2/c1-8-19(9-2)17(5,6)16(18-7)15-11-10-13(3)12-14(15)4/h10-12,16,18H,8-9H2,1-7H3. The predicted octanol–water partition coefficient (Wildman–Crippen LogP) is 3.68. The average molecular weight is 262 g/mol. The first-order valence-corrected chi connectivity index (χ1v) is 7.37. The molecule has 0 aliphatic heterocycles. The number of nitrogens with zero attached hydrogens (tertiary/aromatic N) is 1. The lowest BCUT2D eigenvalue weighted by atomic mass is 9.84. The quantitative estimate of drug-likeness (QED) is 0.841. The topological polar surface area (TPSA) is 15.3 Å². The highest BCUT2D eigenvalue weighted by molar-refractivity contribution is 5.34. The van der Waals surface area contributed by atoms with E-state index in [9.17, 15) is 0 Å². The van der Waals surface area contributed by atoms with Gasteiger partial charge in [0.05, 0.1) is 6.04 Å². The number of hydrogen-bond acceptors (Lipinski definition) is 2. The second kappa shape index (κ2) is 6.53. The second-order valence-corrected chi connectivity index (χ2v) is 5.91. The zero-order valence-electron chi connectivity index (χ0n) is 13.7. The minimum atomic E-state index is 0.0955. The van der Waals surface area contributed by atoms with E-state index in [-0.39, 0.29) is 5.54 Å². The molecule has 108 valence electrons. The van der Waals surface area contributed by atoms with E-state index in [1.165, 1.54) is 16.7 Å². The third kappa shape index (κ3) is 3.37. The lowest BCUT2D eigenvalue weighted by molar-refractivity contribution is 0.0942. The molecule has 1 aromatic carbocycles. The molecule has 0 amide bonds. The lowest BCUT2D eigenvalue weighted by Gasteiger charge is -2.44. The first-order valence-electron chi connectivity index (χ1n) is 7.37. The van der Waals surface area contributed by atoms with E-state index in [1.54, 1.807) is 0 Å². The first-order chi connectivity index (χ1) is 8.88. The highest BCUT2D eigenvalue weighted by Gasteiger charge is 2.34. The molecule has 0 aliphatic carbocycles. The molecule has 0 aromatic heterocycles. The monoisotopic (exact) mass is 262 g/mol. The Morgan fingerprint density at radius 1 is 1.16 bits per heavy atom. The van der Waals surface area contributed by atoms with E-state index in [0.29, 0.717) is 6.04 Å². The fourth-order valence-corrected chi connectivity index (χ4v) is 3.26. The van der Waals surface area contributed by atoms with Crippen molar-refractivity contribution < 1.29 is 0 Å². The summed E-state index contributed by atoms with van der Waals surface area (Å²) in [6.45, 7) is 15.7. The molecular weight excluding hydrogens is 232 g/mol. The summed E-state index contributed by atoms with van der Waals surface area (Å²) in [5.74, 6) is 0. The minimum absolute atomic E-state index is 0.0955. The third-order valence-corrected chi connectivity index (χ3v) is 4.31. The predicted molar refractivity (Wildman–Crippen MR) is 84.7 cm³/mol. The largest absolute Gasteiger partial charge is 0.311 e. The van der Waals surface area contributed by atoms with Crippen molar-refractivity contribution in [2.24, 2.45) is 0 Å². The molecule has 0 aliphatic rings. The van der Waals surface area contributed by atoms with Gasteiger partial charge in [0.25, 0.3) is 0 Å². The SMILES string of the molecule is CCN(CC)C(C)(C)C(NC)c1ccc(C)cc1C. The van der Waals surface area contributed by atoms with Gasteiger partial charge < -0.3 is 5.32 Å². The van der Waals surface area contributed by atoms with Crippen LogP contribution in [-0.4, -0.2) is 30.6 Å². The molecule has 19 heavy (non-hydrogen) atoms. The molecule has 1 atom stereocenters. The van der Waals surface area contributed by atoms with Gasteiger partial charge in [0.2, 0.25) is 0 Å². The normalized spacial score (nSPS) is 13.9. The van der Waals surface area contributed by atoms with E-state index in [0.717, 1.165) is 13.1 Å². The van der Waals surface area contributed by atoms with Crippen LogP contribution >= 0.6 is 0 Å². The number of nitrogens with one attached hydrogen (secondary N) is 1. The van der Waals surface area contributed by atoms with Crippen molar-refractivity contribution >= 4 is 0 Å². The fourth-order valence-electron chi connectivity index (χ4n) is 3.26. The number of rotatable bonds is 6. The smallest absolute Gasteiger partial charge is 0.0501 e. The van der Waals surface area contributed by atoms with Crippen LogP contribution in [0.3, 0.4) is 0 Å². The summed E-state index contributed by atoms with van der Waals surface area (Å²) in [5.41, 5.74) is 4.21. The molecule has 2 nitrogen and oxygen atoms in total. The molecule has 0 bridgehead atoms. The third-order valence-electron chi connectivity index (χ3n) is 4.31. The van der Waals surface area contributed by atoms with Crippen LogP contribution in [0.15, 0.2) is 18.2 Å². The lowest BCUT2D eigenvalue weighted by Crippen LogP contribution is -2.52. The summed E-state index contributed by atoms with van der Waals surface area (Å²) in [5, 5.41) is 3.53. The van der Waals surface area contributed by atoms with Crippen LogP contribution in [0.5, 0.6) is 0 Å². The number of benzene rings is 1. The van der Waals surface area contributed by atoms with Gasteiger partial charge in [-0.25, -0.2) is 0 Å². The molecule has 0 saturated heterocycles. The van der Waals surface area contributed by atoms with Crippen LogP contribution in [0.25, 0.3) is 0 Å². The molecule has 0 fully saturated rings. The zero-order chi connectivity index (χ0) is 14.6. The summed E-state index contributed by atoms with van der Waals surface area (Å²) in [4.78, 5) is 2.52. The highest BCUT2D eigenvalue weighted by Crippen LogP contribution is 2.32. The molecule has 0 radical (unpaired) electrons. The van der Waals surface area contributed by atoms with Crippen molar-refractivity contribution in [1.82, 2.24) is 10.2 Å². The molecule has 2 heteroatoms. The van der Waals surface area contributed by atoms with Crippen LogP contribution < -0.4 is 5.32 Å². The van der Waals surface area contributed by atoms with Crippen molar-refractivity contribution in [3.63, 3.8) is 0 Å². The van der Waals surface area contributed by atoms with Gasteiger partial charge in [0.15, 0.2) is 0 Å². The Balaban J connectivity index is 3.18. The first kappa shape index (κ1) is 16.2. The Morgan fingerprint density at radius 2 is 1.74 bits per heavy atom. The molecule has 1 N–H and O–H groups in total. The van der Waals surface area contributed by atoms with Crippen molar-refractivity contribution in [2.45, 2.75) is 53.1 Å². The molecule has 1 aromatic rings. The number of aryl methyl sites for hydroxylation is 2. The van der Waals surface area contributed by atoms with Crippen molar-refractivity contribution in [2.75, 3.05) is 20.1 Å². The second-order valence-electron chi connectivity index (χ2n) is 5.91. The fraction of sp³-hybridized carbons (Fsp3) is 0.647. The summed E-state index contributed by atoms with van der Waals surface area (Å²) >= 11 is 0. The zero-order valence-corrected chi connectivity index (χ0v) is 13.7. The van der Waals surface area contributed by atoms with Gasteiger partial charge in [-0.3, -0.25) is 4.90 Å². The van der Waals surface area contributed by atoms with Crippen LogP contribution in [-0.2, 0) is 0 Å². The minimum Gasteiger partial charge on any atom is -0.311 e. The maximum atomic E-state index is 3.53. The Hall–Kier alpha value is -0.860. The van der Waals surface area contributed by atoms with Gasteiger partial charge in [-0.1, -0.05) is 37.6 Å². The maximum absolute atomic E-state index is 3.53. The number of likely N-dealkylation sites (N-methyl/N-ethyl adjacent to an activating group) is 2. The summed E-state index contributed by atoms with van der Waals surface area (Å²) in [7, 11) is 2.06. The summed E-state index contributed by atoms with van der Waals surface area (Å²) < 4.78 is 0. The van der Waals surface area contributed by atoms with Crippen LogP contribution in [0.4, 0.5) is 0 Å². The number of hydrogen-bond donors (Lipinski definition) is 1.